The van der Waals surface area contributed by atoms with Crippen LogP contribution >= 0.6 is 27.5 Å². The van der Waals surface area contributed by atoms with Crippen molar-refractivity contribution in [3.05, 3.63) is 86.9 Å². The minimum atomic E-state index is -0.407. The molecule has 0 bridgehead atoms. The smallest absolute Gasteiger partial charge is 0.276 e. The van der Waals surface area contributed by atoms with E-state index >= 15 is 0 Å². The number of hydrogen-bond donors (Lipinski definition) is 2. The van der Waals surface area contributed by atoms with Crippen LogP contribution in [0.3, 0.4) is 0 Å². The van der Waals surface area contributed by atoms with Crippen LogP contribution in [-0.2, 0) is 20.7 Å². The number of carbonyl (C=O) groups is 2. The van der Waals surface area contributed by atoms with Crippen molar-refractivity contribution in [2.75, 3.05) is 10.6 Å². The van der Waals surface area contributed by atoms with E-state index in [0.29, 0.717) is 34.3 Å². The van der Waals surface area contributed by atoms with Crippen molar-refractivity contribution in [1.29, 1.82) is 0 Å². The molecule has 180 valence electrons. The van der Waals surface area contributed by atoms with E-state index in [9.17, 15) is 9.59 Å². The maximum Gasteiger partial charge on any atom is 0.276 e. The van der Waals surface area contributed by atoms with Crippen LogP contribution in [0.2, 0.25) is 5.02 Å². The zero-order valence-electron chi connectivity index (χ0n) is 19.2. The average Bonchev–Trinajstić information content (AvgIpc) is 3.35. The van der Waals surface area contributed by atoms with Crippen molar-refractivity contribution >= 4 is 50.7 Å². The summed E-state index contributed by atoms with van der Waals surface area (Å²) in [6, 6.07) is 12.4. The molecule has 35 heavy (non-hydrogen) atoms. The Morgan fingerprint density at radius 2 is 1.63 bits per heavy atom. The molecule has 0 saturated carbocycles. The van der Waals surface area contributed by atoms with Crippen LogP contribution in [0.4, 0.5) is 11.4 Å². The molecule has 4 rings (SSSR count). The number of rotatable bonds is 7. The van der Waals surface area contributed by atoms with Gasteiger partial charge < -0.3 is 15.4 Å². The van der Waals surface area contributed by atoms with Gasteiger partial charge in [0.25, 0.3) is 11.8 Å². The first-order valence-electron chi connectivity index (χ1n) is 10.5. The molecule has 2 N–H and O–H groups in total. The van der Waals surface area contributed by atoms with Gasteiger partial charge in [0.1, 0.15) is 18.1 Å². The van der Waals surface area contributed by atoms with Crippen molar-refractivity contribution in [3.63, 3.8) is 0 Å². The first-order valence-corrected chi connectivity index (χ1v) is 11.7. The van der Waals surface area contributed by atoms with Crippen LogP contribution < -0.4 is 15.4 Å². The van der Waals surface area contributed by atoms with Crippen molar-refractivity contribution in [2.24, 2.45) is 14.1 Å². The standard InChI is InChI=1S/C24H22BrClN6O3/c1-14-19(11-27-31(14)2)29-24(34)22-20(12-28-32(22)3)30-23(33)16-6-4-15(5-7-16)13-35-21-9-8-17(25)10-18(21)26/h4-12H,13H2,1-3H3,(H,29,34)(H,30,33). The predicted molar refractivity (Wildman–Crippen MR) is 137 cm³/mol. The summed E-state index contributed by atoms with van der Waals surface area (Å²) < 4.78 is 9.69. The summed E-state index contributed by atoms with van der Waals surface area (Å²) in [4.78, 5) is 25.7. The maximum atomic E-state index is 12.9. The quantitative estimate of drug-likeness (QED) is 0.334. The molecule has 0 aliphatic rings. The Kier molecular flexibility index (Phi) is 7.23. The summed E-state index contributed by atoms with van der Waals surface area (Å²) in [5.74, 6) is -0.205. The fraction of sp³-hybridized carbons (Fsp3) is 0.167. The SMILES string of the molecule is Cc1c(NC(=O)c2c(NC(=O)c3ccc(COc4ccc(Br)cc4Cl)cc3)cnn2C)cnn1C. The number of amides is 2. The van der Waals surface area contributed by atoms with E-state index in [1.165, 1.54) is 10.9 Å². The Bertz CT molecular complexity index is 1400. The molecule has 0 radical (unpaired) electrons. The first-order chi connectivity index (χ1) is 16.7. The Balaban J connectivity index is 1.42. The van der Waals surface area contributed by atoms with E-state index < -0.39 is 5.91 Å². The molecular formula is C24H22BrClN6O3. The van der Waals surface area contributed by atoms with Gasteiger partial charge in [-0.2, -0.15) is 10.2 Å². The highest BCUT2D eigenvalue weighted by Gasteiger charge is 2.20. The fourth-order valence-electron chi connectivity index (χ4n) is 3.30. The third-order valence-electron chi connectivity index (χ3n) is 5.39. The van der Waals surface area contributed by atoms with E-state index in [1.54, 1.807) is 61.4 Å². The summed E-state index contributed by atoms with van der Waals surface area (Å²) in [7, 11) is 3.42. The number of anilines is 2. The second kappa shape index (κ2) is 10.3. The molecule has 0 unspecified atom stereocenters. The molecule has 0 saturated heterocycles. The highest BCUT2D eigenvalue weighted by atomic mass is 79.9. The molecule has 0 aliphatic heterocycles. The Morgan fingerprint density at radius 3 is 2.29 bits per heavy atom. The van der Waals surface area contributed by atoms with Crippen molar-refractivity contribution in [3.8, 4) is 5.75 Å². The molecule has 4 aromatic rings. The Hall–Kier alpha value is -3.63. The van der Waals surface area contributed by atoms with E-state index in [2.05, 4.69) is 36.8 Å². The van der Waals surface area contributed by atoms with Gasteiger partial charge in [-0.25, -0.2) is 0 Å². The summed E-state index contributed by atoms with van der Waals surface area (Å²) in [5.41, 5.74) is 3.20. The van der Waals surface area contributed by atoms with Gasteiger partial charge in [-0.3, -0.25) is 19.0 Å². The molecule has 0 aliphatic carbocycles. The van der Waals surface area contributed by atoms with Crippen LogP contribution in [0.25, 0.3) is 0 Å². The van der Waals surface area contributed by atoms with Gasteiger partial charge in [0.05, 0.1) is 34.5 Å². The molecule has 2 amide bonds. The number of nitrogens with zero attached hydrogens (tertiary/aromatic N) is 4. The van der Waals surface area contributed by atoms with E-state index in [4.69, 9.17) is 16.3 Å². The number of nitrogens with one attached hydrogen (secondary N) is 2. The maximum absolute atomic E-state index is 12.9. The molecule has 0 spiro atoms. The second-order valence-electron chi connectivity index (χ2n) is 7.77. The summed E-state index contributed by atoms with van der Waals surface area (Å²) >= 11 is 9.54. The molecule has 9 nitrogen and oxygen atoms in total. The molecule has 2 aromatic carbocycles. The second-order valence-corrected chi connectivity index (χ2v) is 9.09. The van der Waals surface area contributed by atoms with E-state index in [-0.39, 0.29) is 11.6 Å². The van der Waals surface area contributed by atoms with E-state index in [1.807, 2.05) is 13.0 Å². The van der Waals surface area contributed by atoms with Gasteiger partial charge in [0.15, 0.2) is 0 Å². The van der Waals surface area contributed by atoms with E-state index in [0.717, 1.165) is 15.7 Å². The lowest BCUT2D eigenvalue weighted by Gasteiger charge is -2.10. The van der Waals surface area contributed by atoms with Gasteiger partial charge in [-0.1, -0.05) is 39.7 Å². The first kappa shape index (κ1) is 24.5. The molecule has 0 atom stereocenters. The van der Waals surface area contributed by atoms with Crippen LogP contribution in [0, 0.1) is 6.92 Å². The largest absolute Gasteiger partial charge is 0.487 e. The van der Waals surface area contributed by atoms with Gasteiger partial charge in [0, 0.05) is 24.1 Å². The molecule has 2 heterocycles. The van der Waals surface area contributed by atoms with Gasteiger partial charge in [-0.05, 0) is 42.8 Å². The summed E-state index contributed by atoms with van der Waals surface area (Å²) in [6.45, 7) is 2.14. The molecule has 2 aromatic heterocycles. The van der Waals surface area contributed by atoms with Crippen LogP contribution in [-0.4, -0.2) is 31.4 Å². The van der Waals surface area contributed by atoms with Gasteiger partial charge in [-0.15, -0.1) is 0 Å². The predicted octanol–water partition coefficient (Wildman–Crippen LogP) is 4.96. The van der Waals surface area contributed by atoms with Crippen molar-refractivity contribution < 1.29 is 14.3 Å². The number of aryl methyl sites for hydroxylation is 2. The Morgan fingerprint density at radius 1 is 0.971 bits per heavy atom. The minimum absolute atomic E-state index is 0.220. The average molecular weight is 558 g/mol. The van der Waals surface area contributed by atoms with Crippen LogP contribution in [0.15, 0.2) is 59.3 Å². The Labute approximate surface area is 215 Å². The van der Waals surface area contributed by atoms with Crippen LogP contribution in [0.5, 0.6) is 5.75 Å². The lowest BCUT2D eigenvalue weighted by Crippen LogP contribution is -2.20. The third kappa shape index (κ3) is 5.55. The molecule has 11 heteroatoms. The highest BCUT2D eigenvalue weighted by Crippen LogP contribution is 2.28. The topological polar surface area (TPSA) is 103 Å². The summed E-state index contributed by atoms with van der Waals surface area (Å²) in [6.07, 6.45) is 3.00. The molecular weight excluding hydrogens is 536 g/mol. The normalized spacial score (nSPS) is 10.8. The minimum Gasteiger partial charge on any atom is -0.487 e. The zero-order chi connectivity index (χ0) is 25.1. The lowest BCUT2D eigenvalue weighted by molar-refractivity contribution is 0.101. The van der Waals surface area contributed by atoms with Gasteiger partial charge >= 0.3 is 0 Å². The van der Waals surface area contributed by atoms with Crippen LogP contribution in [0.1, 0.15) is 32.1 Å². The number of hydrogen-bond acceptors (Lipinski definition) is 5. The molecule has 0 fully saturated rings. The number of carbonyl (C=O) groups excluding carboxylic acids is 2. The van der Waals surface area contributed by atoms with Gasteiger partial charge in [0.2, 0.25) is 0 Å². The van der Waals surface area contributed by atoms with Crippen molar-refractivity contribution in [1.82, 2.24) is 19.6 Å². The van der Waals surface area contributed by atoms with Crippen molar-refractivity contribution in [2.45, 2.75) is 13.5 Å². The number of benzene rings is 2. The monoisotopic (exact) mass is 556 g/mol. The summed E-state index contributed by atoms with van der Waals surface area (Å²) in [5, 5.41) is 14.3. The lowest BCUT2D eigenvalue weighted by atomic mass is 10.1. The third-order valence-corrected chi connectivity index (χ3v) is 6.18. The highest BCUT2D eigenvalue weighted by molar-refractivity contribution is 9.10. The zero-order valence-corrected chi connectivity index (χ0v) is 21.5. The number of ether oxygens (including phenoxy) is 1. The fourth-order valence-corrected chi connectivity index (χ4v) is 4.03. The number of halogens is 2. The number of aromatic nitrogens is 4.